The largest absolute Gasteiger partial charge is 0.329 e. The number of rotatable bonds is 1. The molecule has 3 heterocycles. The van der Waals surface area contributed by atoms with Gasteiger partial charge in [0, 0.05) is 17.8 Å². The lowest BCUT2D eigenvalue weighted by Crippen LogP contribution is -2.38. The van der Waals surface area contributed by atoms with E-state index >= 15 is 0 Å². The van der Waals surface area contributed by atoms with Crippen molar-refractivity contribution >= 4 is 27.3 Å². The predicted octanol–water partition coefficient (Wildman–Crippen LogP) is 2.90. The summed E-state index contributed by atoms with van der Waals surface area (Å²) in [5, 5.41) is 9.01. The fourth-order valence-corrected chi connectivity index (χ4v) is 4.17. The van der Waals surface area contributed by atoms with E-state index in [1.807, 2.05) is 18.4 Å². The number of carbonyl (C=O) groups excluding carboxylic acids is 1. The second-order valence-corrected chi connectivity index (χ2v) is 6.79. The van der Waals surface area contributed by atoms with Crippen LogP contribution in [0.1, 0.15) is 26.9 Å². The van der Waals surface area contributed by atoms with Gasteiger partial charge in [0.05, 0.1) is 11.4 Å². The first-order valence-corrected chi connectivity index (χ1v) is 8.23. The van der Waals surface area contributed by atoms with E-state index in [0.717, 1.165) is 27.3 Å². The SMILES string of the molecule is Cc1c(C(=O)N2CCn3c(C)nnc3C2)sc2ccc(F)cc12. The zero-order valence-corrected chi connectivity index (χ0v) is 13.7. The summed E-state index contributed by atoms with van der Waals surface area (Å²) in [5.74, 6) is 1.39. The van der Waals surface area contributed by atoms with E-state index in [1.165, 1.54) is 23.5 Å². The van der Waals surface area contributed by atoms with Gasteiger partial charge < -0.3 is 9.47 Å². The molecule has 4 rings (SSSR count). The minimum atomic E-state index is -0.279. The molecule has 2 aromatic heterocycles. The van der Waals surface area contributed by atoms with Crippen LogP contribution in [0.2, 0.25) is 0 Å². The topological polar surface area (TPSA) is 51.0 Å². The summed E-state index contributed by atoms with van der Waals surface area (Å²) < 4.78 is 16.4. The molecular weight excluding hydrogens is 315 g/mol. The molecule has 1 aliphatic heterocycles. The van der Waals surface area contributed by atoms with Crippen molar-refractivity contribution in [1.82, 2.24) is 19.7 Å². The average Bonchev–Trinajstić information content (AvgIpc) is 3.08. The zero-order chi connectivity index (χ0) is 16.1. The van der Waals surface area contributed by atoms with E-state index in [4.69, 9.17) is 0 Å². The molecule has 0 spiro atoms. The van der Waals surface area contributed by atoms with Gasteiger partial charge in [0.1, 0.15) is 11.6 Å². The third-order valence-electron chi connectivity index (χ3n) is 4.32. The Bertz CT molecular complexity index is 930. The molecule has 1 aliphatic rings. The monoisotopic (exact) mass is 330 g/mol. The van der Waals surface area contributed by atoms with Crippen LogP contribution in [0.5, 0.6) is 0 Å². The quantitative estimate of drug-likeness (QED) is 0.689. The summed E-state index contributed by atoms with van der Waals surface area (Å²) in [4.78, 5) is 15.3. The molecule has 0 fully saturated rings. The molecule has 0 radical (unpaired) electrons. The van der Waals surface area contributed by atoms with Gasteiger partial charge in [0.2, 0.25) is 0 Å². The normalized spacial score (nSPS) is 14.3. The molecule has 1 aromatic carbocycles. The maximum Gasteiger partial charge on any atom is 0.264 e. The zero-order valence-electron chi connectivity index (χ0n) is 12.8. The van der Waals surface area contributed by atoms with E-state index in [9.17, 15) is 9.18 Å². The van der Waals surface area contributed by atoms with Gasteiger partial charge in [-0.25, -0.2) is 4.39 Å². The van der Waals surface area contributed by atoms with E-state index in [2.05, 4.69) is 10.2 Å². The molecule has 5 nitrogen and oxygen atoms in total. The Morgan fingerprint density at radius 3 is 2.91 bits per heavy atom. The first-order valence-electron chi connectivity index (χ1n) is 7.41. The highest BCUT2D eigenvalue weighted by molar-refractivity contribution is 7.21. The molecule has 3 aromatic rings. The Morgan fingerprint density at radius 2 is 2.09 bits per heavy atom. The summed E-state index contributed by atoms with van der Waals surface area (Å²) in [7, 11) is 0. The highest BCUT2D eigenvalue weighted by Gasteiger charge is 2.26. The number of hydrogen-bond acceptors (Lipinski definition) is 4. The lowest BCUT2D eigenvalue weighted by Gasteiger charge is -2.27. The van der Waals surface area contributed by atoms with Gasteiger partial charge in [-0.1, -0.05) is 0 Å². The first kappa shape index (κ1) is 14.3. The number of thiophene rings is 1. The van der Waals surface area contributed by atoms with Crippen LogP contribution in [0.15, 0.2) is 18.2 Å². The maximum absolute atomic E-state index is 13.4. The molecule has 0 bridgehead atoms. The number of fused-ring (bicyclic) bond motifs is 2. The molecular formula is C16H15FN4OS. The van der Waals surface area contributed by atoms with Gasteiger partial charge in [-0.15, -0.1) is 21.5 Å². The summed E-state index contributed by atoms with van der Waals surface area (Å²) in [6.07, 6.45) is 0. The van der Waals surface area contributed by atoms with Gasteiger partial charge >= 0.3 is 0 Å². The smallest absolute Gasteiger partial charge is 0.264 e. The van der Waals surface area contributed by atoms with Crippen molar-refractivity contribution in [3.8, 4) is 0 Å². The standard InChI is InChI=1S/C16H15FN4OS/c1-9-12-7-11(17)3-4-13(12)23-15(9)16(22)20-5-6-21-10(2)18-19-14(21)8-20/h3-4,7H,5-6,8H2,1-2H3. The van der Waals surface area contributed by atoms with Crippen LogP contribution < -0.4 is 0 Å². The minimum Gasteiger partial charge on any atom is -0.329 e. The van der Waals surface area contributed by atoms with Gasteiger partial charge in [0.25, 0.3) is 5.91 Å². The van der Waals surface area contributed by atoms with Crippen LogP contribution in [-0.2, 0) is 13.1 Å². The van der Waals surface area contributed by atoms with Gasteiger partial charge in [-0.3, -0.25) is 4.79 Å². The van der Waals surface area contributed by atoms with Crippen LogP contribution in [0.25, 0.3) is 10.1 Å². The Hall–Kier alpha value is -2.28. The molecule has 0 saturated heterocycles. The lowest BCUT2D eigenvalue weighted by atomic mass is 10.1. The second-order valence-electron chi connectivity index (χ2n) is 5.74. The summed E-state index contributed by atoms with van der Waals surface area (Å²) >= 11 is 1.42. The van der Waals surface area contributed by atoms with E-state index in [0.29, 0.717) is 24.5 Å². The molecule has 0 atom stereocenters. The van der Waals surface area contributed by atoms with Crippen molar-refractivity contribution < 1.29 is 9.18 Å². The van der Waals surface area contributed by atoms with Crippen molar-refractivity contribution in [1.29, 1.82) is 0 Å². The molecule has 7 heteroatoms. The Morgan fingerprint density at radius 1 is 1.26 bits per heavy atom. The fourth-order valence-electron chi connectivity index (χ4n) is 3.02. The Kier molecular flexibility index (Phi) is 3.19. The molecule has 0 saturated carbocycles. The average molecular weight is 330 g/mol. The van der Waals surface area contributed by atoms with Crippen LogP contribution in [0.4, 0.5) is 4.39 Å². The summed E-state index contributed by atoms with van der Waals surface area (Å²) in [6.45, 7) is 5.59. The van der Waals surface area contributed by atoms with Crippen LogP contribution in [0.3, 0.4) is 0 Å². The van der Waals surface area contributed by atoms with Crippen LogP contribution in [0, 0.1) is 19.7 Å². The molecule has 1 amide bonds. The number of hydrogen-bond donors (Lipinski definition) is 0. The van der Waals surface area contributed by atoms with Crippen LogP contribution >= 0.6 is 11.3 Å². The van der Waals surface area contributed by atoms with Crippen molar-refractivity contribution in [2.45, 2.75) is 26.9 Å². The highest BCUT2D eigenvalue weighted by atomic mass is 32.1. The molecule has 0 N–H and O–H groups in total. The lowest BCUT2D eigenvalue weighted by molar-refractivity contribution is 0.0711. The van der Waals surface area contributed by atoms with Crippen molar-refractivity contribution in [3.63, 3.8) is 0 Å². The third-order valence-corrected chi connectivity index (χ3v) is 5.58. The number of halogens is 1. The number of aromatic nitrogens is 3. The molecule has 23 heavy (non-hydrogen) atoms. The number of carbonyl (C=O) groups is 1. The van der Waals surface area contributed by atoms with Crippen LogP contribution in [-0.4, -0.2) is 32.1 Å². The van der Waals surface area contributed by atoms with E-state index < -0.39 is 0 Å². The van der Waals surface area contributed by atoms with E-state index in [-0.39, 0.29) is 11.7 Å². The molecule has 0 unspecified atom stereocenters. The summed E-state index contributed by atoms with van der Waals surface area (Å²) in [6, 6.07) is 4.65. The number of nitrogens with zero attached hydrogens (tertiary/aromatic N) is 4. The number of benzene rings is 1. The minimum absolute atomic E-state index is 0.0176. The molecule has 118 valence electrons. The first-order chi connectivity index (χ1) is 11.0. The van der Waals surface area contributed by atoms with Crippen molar-refractivity contribution in [2.24, 2.45) is 0 Å². The Labute approximate surface area is 136 Å². The van der Waals surface area contributed by atoms with Gasteiger partial charge in [-0.05, 0) is 43.0 Å². The highest BCUT2D eigenvalue weighted by Crippen LogP contribution is 2.32. The van der Waals surface area contributed by atoms with Crippen molar-refractivity contribution in [3.05, 3.63) is 46.1 Å². The summed E-state index contributed by atoms with van der Waals surface area (Å²) in [5.41, 5.74) is 0.845. The van der Waals surface area contributed by atoms with Gasteiger partial charge in [0.15, 0.2) is 5.82 Å². The fraction of sp³-hybridized carbons (Fsp3) is 0.312. The number of amides is 1. The number of aryl methyl sites for hydroxylation is 2. The predicted molar refractivity (Wildman–Crippen MR) is 86.0 cm³/mol. The third kappa shape index (κ3) is 2.23. The second kappa shape index (κ2) is 5.13. The van der Waals surface area contributed by atoms with Gasteiger partial charge in [-0.2, -0.15) is 0 Å². The van der Waals surface area contributed by atoms with E-state index in [1.54, 1.807) is 11.0 Å². The van der Waals surface area contributed by atoms with Crippen molar-refractivity contribution in [2.75, 3.05) is 6.54 Å². The maximum atomic E-state index is 13.4. The molecule has 0 aliphatic carbocycles. The Balaban J connectivity index is 1.69.